The first-order chi connectivity index (χ1) is 16.0. The third kappa shape index (κ3) is 4.05. The van der Waals surface area contributed by atoms with Crippen LogP contribution in [-0.4, -0.2) is 62.6 Å². The summed E-state index contributed by atoms with van der Waals surface area (Å²) in [6, 6.07) is 17.9. The van der Waals surface area contributed by atoms with Gasteiger partial charge < -0.3 is 14.4 Å². The third-order valence-corrected chi connectivity index (χ3v) is 6.90. The maximum Gasteiger partial charge on any atom is 0.295 e. The van der Waals surface area contributed by atoms with Crippen LogP contribution in [0.5, 0.6) is 0 Å². The summed E-state index contributed by atoms with van der Waals surface area (Å²) in [6.07, 6.45) is 3.83. The number of aromatic nitrogens is 2. The Morgan fingerprint density at radius 1 is 0.939 bits per heavy atom. The molecule has 1 saturated heterocycles. The Bertz CT molecular complexity index is 1330. The highest BCUT2D eigenvalue weighted by atomic mass is 32.1. The molecule has 0 bridgehead atoms. The van der Waals surface area contributed by atoms with Crippen molar-refractivity contribution in [3.8, 4) is 5.13 Å². The zero-order chi connectivity index (χ0) is 22.9. The number of Topliss-reactive ketones (excluding diaryl/α,β-unsaturated/α-hetero) is 1. The first-order valence-electron chi connectivity index (χ1n) is 10.7. The molecular formula is C25H22N4O3S. The monoisotopic (exact) mass is 458 g/mol. The lowest BCUT2D eigenvalue weighted by atomic mass is 10.1. The number of ketones is 1. The Labute approximate surface area is 194 Å². The van der Waals surface area contributed by atoms with E-state index >= 15 is 0 Å². The molecule has 1 fully saturated rings. The van der Waals surface area contributed by atoms with Gasteiger partial charge in [-0.3, -0.25) is 14.4 Å². The second-order valence-electron chi connectivity index (χ2n) is 8.06. The van der Waals surface area contributed by atoms with Crippen molar-refractivity contribution in [2.24, 2.45) is 0 Å². The van der Waals surface area contributed by atoms with Crippen molar-refractivity contribution in [3.63, 3.8) is 0 Å². The van der Waals surface area contributed by atoms with E-state index in [1.807, 2.05) is 60.3 Å². The van der Waals surface area contributed by atoms with E-state index in [1.165, 1.54) is 11.3 Å². The average Bonchev–Trinajstić information content (AvgIpc) is 3.52. The lowest BCUT2D eigenvalue weighted by Gasteiger charge is -2.39. The molecule has 2 aromatic carbocycles. The number of thiazole rings is 1. The molecule has 1 aliphatic heterocycles. The molecule has 1 aliphatic rings. The summed E-state index contributed by atoms with van der Waals surface area (Å²) < 4.78 is 2.86. The van der Waals surface area contributed by atoms with Crippen molar-refractivity contribution in [1.29, 1.82) is 0 Å². The minimum atomic E-state index is -0.554. The Morgan fingerprint density at radius 3 is 2.42 bits per heavy atom. The van der Waals surface area contributed by atoms with Crippen LogP contribution in [0.3, 0.4) is 0 Å². The van der Waals surface area contributed by atoms with Crippen LogP contribution in [0.2, 0.25) is 0 Å². The summed E-state index contributed by atoms with van der Waals surface area (Å²) in [7, 11) is 0. The van der Waals surface area contributed by atoms with Gasteiger partial charge in [0.2, 0.25) is 5.78 Å². The van der Waals surface area contributed by atoms with E-state index in [9.17, 15) is 14.4 Å². The van der Waals surface area contributed by atoms with Gasteiger partial charge in [0.05, 0.1) is 10.2 Å². The maximum absolute atomic E-state index is 13.0. The van der Waals surface area contributed by atoms with Gasteiger partial charge in [-0.2, -0.15) is 0 Å². The van der Waals surface area contributed by atoms with E-state index < -0.39 is 11.7 Å². The number of hydrogen-bond acceptors (Lipinski definition) is 5. The van der Waals surface area contributed by atoms with Gasteiger partial charge in [0.1, 0.15) is 0 Å². The molecule has 3 heterocycles. The fourth-order valence-corrected chi connectivity index (χ4v) is 5.00. The maximum atomic E-state index is 13.0. The number of fused-ring (bicyclic) bond motifs is 1. The Hall–Kier alpha value is -3.78. The molecule has 0 aliphatic carbocycles. The normalized spacial score (nSPS) is 16.2. The number of carbonyl (C=O) groups is 3. The quantitative estimate of drug-likeness (QED) is 0.346. The molecule has 0 unspecified atom stereocenters. The molecule has 8 heteroatoms. The highest BCUT2D eigenvalue weighted by molar-refractivity contribution is 7.20. The zero-order valence-electron chi connectivity index (χ0n) is 18.0. The second-order valence-corrected chi connectivity index (χ2v) is 9.07. The summed E-state index contributed by atoms with van der Waals surface area (Å²) in [5.74, 6) is -1.16. The number of amides is 2. The summed E-state index contributed by atoms with van der Waals surface area (Å²) in [4.78, 5) is 46.7. The molecule has 33 heavy (non-hydrogen) atoms. The van der Waals surface area contributed by atoms with Crippen molar-refractivity contribution >= 4 is 39.2 Å². The molecule has 7 nitrogen and oxygen atoms in total. The Balaban J connectivity index is 1.30. The zero-order valence-corrected chi connectivity index (χ0v) is 18.9. The highest BCUT2D eigenvalue weighted by Crippen LogP contribution is 2.26. The predicted molar refractivity (Wildman–Crippen MR) is 127 cm³/mol. The van der Waals surface area contributed by atoms with Crippen LogP contribution >= 0.6 is 11.3 Å². The average molecular weight is 459 g/mol. The minimum absolute atomic E-state index is 0.0617. The smallest absolute Gasteiger partial charge is 0.295 e. The fourth-order valence-electron chi connectivity index (χ4n) is 4.09. The molecule has 5 rings (SSSR count). The summed E-state index contributed by atoms with van der Waals surface area (Å²) in [5, 5.41) is 0.804. The highest BCUT2D eigenvalue weighted by Gasteiger charge is 2.33. The number of benzene rings is 2. The summed E-state index contributed by atoms with van der Waals surface area (Å²) >= 11 is 1.52. The molecule has 2 amide bonds. The van der Waals surface area contributed by atoms with Crippen molar-refractivity contribution < 1.29 is 14.4 Å². The number of rotatable bonds is 4. The number of hydrogen-bond donors (Lipinski definition) is 0. The molecule has 166 valence electrons. The van der Waals surface area contributed by atoms with E-state index in [2.05, 4.69) is 4.98 Å². The van der Waals surface area contributed by atoms with Gasteiger partial charge in [-0.15, -0.1) is 0 Å². The summed E-state index contributed by atoms with van der Waals surface area (Å²) in [5.41, 5.74) is 1.64. The van der Waals surface area contributed by atoms with E-state index in [0.717, 1.165) is 9.83 Å². The van der Waals surface area contributed by atoms with Gasteiger partial charge >= 0.3 is 0 Å². The lowest BCUT2D eigenvalue weighted by molar-refractivity contribution is -0.130. The van der Waals surface area contributed by atoms with Crippen molar-refractivity contribution in [2.75, 3.05) is 19.6 Å². The second kappa shape index (κ2) is 8.63. The van der Waals surface area contributed by atoms with Crippen LogP contribution in [0, 0.1) is 0 Å². The largest absolute Gasteiger partial charge is 0.335 e. The predicted octanol–water partition coefficient (Wildman–Crippen LogP) is 3.64. The summed E-state index contributed by atoms with van der Waals surface area (Å²) in [6.45, 7) is 2.96. The van der Waals surface area contributed by atoms with E-state index in [1.54, 1.807) is 34.1 Å². The number of piperazine rings is 1. The Morgan fingerprint density at radius 2 is 1.70 bits per heavy atom. The minimum Gasteiger partial charge on any atom is -0.335 e. The molecule has 0 N–H and O–H groups in total. The van der Waals surface area contributed by atoms with Crippen LogP contribution in [0.1, 0.15) is 27.6 Å². The molecule has 0 saturated carbocycles. The SMILES string of the molecule is C[C@@H]1CN(C(=O)c2ccccc2)CCN1C(=O)C(=O)c1ccc2sc(-n3cccc3)nc2c1. The molecular weight excluding hydrogens is 436 g/mol. The first-order valence-corrected chi connectivity index (χ1v) is 11.6. The lowest BCUT2D eigenvalue weighted by Crippen LogP contribution is -2.56. The van der Waals surface area contributed by atoms with E-state index in [-0.39, 0.29) is 11.9 Å². The molecule has 0 radical (unpaired) electrons. The van der Waals surface area contributed by atoms with Gasteiger partial charge in [0.15, 0.2) is 5.13 Å². The van der Waals surface area contributed by atoms with Crippen LogP contribution in [0.25, 0.3) is 15.3 Å². The van der Waals surface area contributed by atoms with E-state index in [4.69, 9.17) is 0 Å². The fraction of sp³-hybridized carbons (Fsp3) is 0.200. The van der Waals surface area contributed by atoms with Crippen LogP contribution < -0.4 is 0 Å². The van der Waals surface area contributed by atoms with Gasteiger partial charge in [-0.1, -0.05) is 29.5 Å². The van der Waals surface area contributed by atoms with Crippen molar-refractivity contribution in [3.05, 3.63) is 84.2 Å². The number of carbonyl (C=O) groups excluding carboxylic acids is 3. The van der Waals surface area contributed by atoms with Crippen LogP contribution in [0.4, 0.5) is 0 Å². The van der Waals surface area contributed by atoms with Gasteiger partial charge in [0.25, 0.3) is 11.8 Å². The van der Waals surface area contributed by atoms with Gasteiger partial charge in [-0.25, -0.2) is 4.98 Å². The van der Waals surface area contributed by atoms with Crippen molar-refractivity contribution in [1.82, 2.24) is 19.4 Å². The van der Waals surface area contributed by atoms with Gasteiger partial charge in [0, 0.05) is 49.2 Å². The molecule has 2 aromatic heterocycles. The molecule has 0 spiro atoms. The Kier molecular flexibility index (Phi) is 5.51. The van der Waals surface area contributed by atoms with Gasteiger partial charge in [-0.05, 0) is 49.4 Å². The van der Waals surface area contributed by atoms with Crippen LogP contribution in [0.15, 0.2) is 73.1 Å². The third-order valence-electron chi connectivity index (χ3n) is 5.85. The number of nitrogens with zero attached hydrogens (tertiary/aromatic N) is 4. The molecule has 1 atom stereocenters. The van der Waals surface area contributed by atoms with E-state index in [0.29, 0.717) is 36.3 Å². The van der Waals surface area contributed by atoms with Crippen LogP contribution in [-0.2, 0) is 4.79 Å². The van der Waals surface area contributed by atoms with Crippen molar-refractivity contribution in [2.45, 2.75) is 13.0 Å². The first kappa shape index (κ1) is 21.1. The topological polar surface area (TPSA) is 75.5 Å². The standard InChI is InChI=1S/C25H22N4O3S/c1-17-16-28(23(31)18-7-3-2-4-8-18)13-14-29(17)24(32)22(30)19-9-10-21-20(15-19)26-25(33-21)27-11-5-6-12-27/h2-12,15,17H,13-14,16H2,1H3/t17-/m1/s1. The molecule has 4 aromatic rings.